The van der Waals surface area contributed by atoms with Gasteiger partial charge in [0.25, 0.3) is 11.8 Å². The van der Waals surface area contributed by atoms with E-state index in [0.717, 1.165) is 4.90 Å². The molecule has 1 unspecified atom stereocenters. The Bertz CT molecular complexity index is 860. The van der Waals surface area contributed by atoms with Crippen molar-refractivity contribution in [1.82, 2.24) is 0 Å². The number of amides is 2. The van der Waals surface area contributed by atoms with Crippen molar-refractivity contribution in [3.05, 3.63) is 54.1 Å². The average molecular weight is 367 g/mol. The van der Waals surface area contributed by atoms with E-state index >= 15 is 0 Å². The lowest BCUT2D eigenvalue weighted by Gasteiger charge is -2.20. The first-order chi connectivity index (χ1) is 12.9. The van der Waals surface area contributed by atoms with Crippen molar-refractivity contribution in [3.8, 4) is 11.8 Å². The van der Waals surface area contributed by atoms with Crippen molar-refractivity contribution in [2.75, 3.05) is 31.3 Å². The number of benzene rings is 2. The second kappa shape index (κ2) is 9.36. The molecule has 140 valence electrons. The normalized spacial score (nSPS) is 12.4. The van der Waals surface area contributed by atoms with Gasteiger partial charge in [-0.3, -0.25) is 9.59 Å². The molecule has 2 rings (SSSR count). The van der Waals surface area contributed by atoms with E-state index in [2.05, 4.69) is 10.6 Å². The van der Waals surface area contributed by atoms with Crippen LogP contribution in [0.4, 0.5) is 11.4 Å². The number of anilines is 2. The maximum absolute atomic E-state index is 12.4. The molecule has 0 aliphatic rings. The first kappa shape index (κ1) is 19.9. The molecule has 0 aliphatic heterocycles. The number of nitriles is 1. The lowest BCUT2D eigenvalue weighted by molar-refractivity contribution is -0.885. The van der Waals surface area contributed by atoms with Crippen LogP contribution in [0, 0.1) is 11.3 Å². The molecule has 0 aromatic heterocycles. The Morgan fingerprint density at radius 2 is 1.81 bits per heavy atom. The average Bonchev–Trinajstić information content (AvgIpc) is 2.67. The van der Waals surface area contributed by atoms with Gasteiger partial charge in [0.15, 0.2) is 12.6 Å². The fourth-order valence-corrected chi connectivity index (χ4v) is 2.45. The summed E-state index contributed by atoms with van der Waals surface area (Å²) >= 11 is 0. The van der Waals surface area contributed by atoms with E-state index in [-0.39, 0.29) is 18.4 Å². The third-order valence-corrected chi connectivity index (χ3v) is 4.18. The molecule has 0 fully saturated rings. The number of carbonyl (C=O) groups is 2. The summed E-state index contributed by atoms with van der Waals surface area (Å²) < 4.78 is 5.13. The predicted octanol–water partition coefficient (Wildman–Crippen LogP) is 1.05. The van der Waals surface area contributed by atoms with Crippen LogP contribution >= 0.6 is 0 Å². The van der Waals surface area contributed by atoms with Gasteiger partial charge in [0, 0.05) is 17.4 Å². The third kappa shape index (κ3) is 5.83. The van der Waals surface area contributed by atoms with E-state index in [0.29, 0.717) is 22.7 Å². The predicted molar refractivity (Wildman–Crippen MR) is 103 cm³/mol. The number of quaternary nitrogens is 1. The van der Waals surface area contributed by atoms with E-state index in [1.807, 2.05) is 6.07 Å². The number of nitrogens with zero attached hydrogens (tertiary/aromatic N) is 1. The van der Waals surface area contributed by atoms with E-state index in [4.69, 9.17) is 10.00 Å². The minimum absolute atomic E-state index is 0.129. The lowest BCUT2D eigenvalue weighted by atomic mass is 10.2. The van der Waals surface area contributed by atoms with Crippen molar-refractivity contribution in [1.29, 1.82) is 5.26 Å². The van der Waals surface area contributed by atoms with E-state index in [9.17, 15) is 9.59 Å². The van der Waals surface area contributed by atoms with Gasteiger partial charge in [-0.2, -0.15) is 5.26 Å². The molecule has 2 atom stereocenters. The number of ether oxygens (including phenoxy) is 1. The summed E-state index contributed by atoms with van der Waals surface area (Å²) in [5.74, 6) is 0.226. The molecular formula is C20H23N4O3+. The molecule has 2 aromatic carbocycles. The second-order valence-corrected chi connectivity index (χ2v) is 6.21. The minimum Gasteiger partial charge on any atom is -0.497 e. The maximum atomic E-state index is 12.4. The monoisotopic (exact) mass is 367 g/mol. The molecule has 7 nitrogen and oxygen atoms in total. The highest BCUT2D eigenvalue weighted by Gasteiger charge is 2.24. The van der Waals surface area contributed by atoms with Gasteiger partial charge in [-0.15, -0.1) is 0 Å². The first-order valence-electron chi connectivity index (χ1n) is 8.50. The topological polar surface area (TPSA) is 95.7 Å². The molecule has 2 amide bonds. The molecule has 3 N–H and O–H groups in total. The Kier molecular flexibility index (Phi) is 6.92. The minimum atomic E-state index is -0.452. The molecule has 0 aliphatic carbocycles. The maximum Gasteiger partial charge on any atom is 0.282 e. The van der Waals surface area contributed by atoms with Crippen molar-refractivity contribution in [2.45, 2.75) is 13.0 Å². The number of methoxy groups -OCH3 is 1. The molecule has 0 saturated heterocycles. The van der Waals surface area contributed by atoms with Crippen LogP contribution in [0.1, 0.15) is 12.5 Å². The zero-order chi connectivity index (χ0) is 19.8. The van der Waals surface area contributed by atoms with Crippen LogP contribution in [0.25, 0.3) is 0 Å². The Balaban J connectivity index is 1.91. The standard InChI is InChI=1S/C20H22N4O3/c1-14(20(26)23-16-7-4-6-15(10-16)12-21)24(2)13-19(25)22-17-8-5-9-18(11-17)27-3/h4-11,14H,13H2,1-3H3,(H,22,25)(H,23,26)/p+1/t14-/m1/s1. The summed E-state index contributed by atoms with van der Waals surface area (Å²) in [5.41, 5.74) is 1.66. The molecule has 0 heterocycles. The molecule has 0 bridgehead atoms. The zero-order valence-corrected chi connectivity index (χ0v) is 15.6. The van der Waals surface area contributed by atoms with Gasteiger partial charge in [0.2, 0.25) is 0 Å². The largest absolute Gasteiger partial charge is 0.497 e. The quantitative estimate of drug-likeness (QED) is 0.682. The fraction of sp³-hybridized carbons (Fsp3) is 0.250. The van der Waals surface area contributed by atoms with Crippen molar-refractivity contribution < 1.29 is 19.2 Å². The highest BCUT2D eigenvalue weighted by atomic mass is 16.5. The van der Waals surface area contributed by atoms with Crippen LogP contribution in [0.3, 0.4) is 0 Å². The zero-order valence-electron chi connectivity index (χ0n) is 15.6. The SMILES string of the molecule is COc1cccc(NC(=O)C[NH+](C)[C@H](C)C(=O)Nc2cccc(C#N)c2)c1. The summed E-state index contributed by atoms with van der Waals surface area (Å²) in [4.78, 5) is 25.4. The number of carbonyl (C=O) groups excluding carboxylic acids is 2. The molecular weight excluding hydrogens is 344 g/mol. The van der Waals surface area contributed by atoms with Gasteiger partial charge < -0.3 is 20.3 Å². The lowest BCUT2D eigenvalue weighted by Crippen LogP contribution is -3.14. The van der Waals surface area contributed by atoms with Gasteiger partial charge in [0.05, 0.1) is 25.8 Å². The van der Waals surface area contributed by atoms with E-state index < -0.39 is 6.04 Å². The Morgan fingerprint density at radius 1 is 1.15 bits per heavy atom. The van der Waals surface area contributed by atoms with Crippen LogP contribution < -0.4 is 20.3 Å². The number of hydrogen-bond donors (Lipinski definition) is 3. The highest BCUT2D eigenvalue weighted by Crippen LogP contribution is 2.16. The van der Waals surface area contributed by atoms with Gasteiger partial charge in [-0.05, 0) is 37.3 Å². The summed E-state index contributed by atoms with van der Waals surface area (Å²) in [6.07, 6.45) is 0. The summed E-state index contributed by atoms with van der Waals surface area (Å²) in [5, 5.41) is 14.5. The van der Waals surface area contributed by atoms with Gasteiger partial charge in [0.1, 0.15) is 5.75 Å². The van der Waals surface area contributed by atoms with Gasteiger partial charge >= 0.3 is 0 Å². The number of hydrogen-bond acceptors (Lipinski definition) is 4. The Labute approximate surface area is 158 Å². The Hall–Kier alpha value is -3.37. The van der Waals surface area contributed by atoms with Crippen molar-refractivity contribution in [2.24, 2.45) is 0 Å². The van der Waals surface area contributed by atoms with Crippen LogP contribution in [0.2, 0.25) is 0 Å². The molecule has 0 radical (unpaired) electrons. The molecule has 7 heteroatoms. The van der Waals surface area contributed by atoms with Gasteiger partial charge in [-0.1, -0.05) is 12.1 Å². The van der Waals surface area contributed by atoms with Crippen LogP contribution in [-0.4, -0.2) is 38.6 Å². The van der Waals surface area contributed by atoms with Gasteiger partial charge in [-0.25, -0.2) is 0 Å². The van der Waals surface area contributed by atoms with Crippen LogP contribution in [0.5, 0.6) is 5.75 Å². The number of likely N-dealkylation sites (N-methyl/N-ethyl adjacent to an activating group) is 1. The summed E-state index contributed by atoms with van der Waals surface area (Å²) in [6, 6.07) is 15.4. The first-order valence-corrected chi connectivity index (χ1v) is 8.50. The third-order valence-electron chi connectivity index (χ3n) is 4.18. The molecule has 0 saturated carbocycles. The fourth-order valence-electron chi connectivity index (χ4n) is 2.45. The molecule has 27 heavy (non-hydrogen) atoms. The Morgan fingerprint density at radius 3 is 2.48 bits per heavy atom. The van der Waals surface area contributed by atoms with E-state index in [1.165, 1.54) is 0 Å². The van der Waals surface area contributed by atoms with E-state index in [1.54, 1.807) is 69.6 Å². The number of rotatable bonds is 7. The smallest absolute Gasteiger partial charge is 0.282 e. The van der Waals surface area contributed by atoms with Crippen molar-refractivity contribution >= 4 is 23.2 Å². The van der Waals surface area contributed by atoms with Crippen LogP contribution in [0.15, 0.2) is 48.5 Å². The molecule has 2 aromatic rings. The van der Waals surface area contributed by atoms with Crippen LogP contribution in [-0.2, 0) is 9.59 Å². The summed E-state index contributed by atoms with van der Waals surface area (Å²) in [7, 11) is 3.34. The highest BCUT2D eigenvalue weighted by molar-refractivity contribution is 5.94. The molecule has 0 spiro atoms. The summed E-state index contributed by atoms with van der Waals surface area (Å²) in [6.45, 7) is 1.88. The van der Waals surface area contributed by atoms with Crippen molar-refractivity contribution in [3.63, 3.8) is 0 Å². The number of nitrogens with one attached hydrogen (secondary N) is 3. The second-order valence-electron chi connectivity index (χ2n) is 6.21.